The summed E-state index contributed by atoms with van der Waals surface area (Å²) in [5.74, 6) is 0.806. The minimum atomic E-state index is -3.62. The first-order valence-corrected chi connectivity index (χ1v) is 8.79. The van der Waals surface area contributed by atoms with Crippen molar-refractivity contribution >= 4 is 38.4 Å². The molecular formula is C13H20BrClN2O4S. The zero-order chi connectivity index (χ0) is 15.6. The highest BCUT2D eigenvalue weighted by molar-refractivity contribution is 9.10. The number of nitrogens with zero attached hydrogens (tertiary/aromatic N) is 1. The molecule has 0 bridgehead atoms. The lowest BCUT2D eigenvalue weighted by Gasteiger charge is -2.33. The second kappa shape index (κ2) is 7.83. The summed E-state index contributed by atoms with van der Waals surface area (Å²) in [6.07, 6.45) is 0. The molecule has 1 unspecified atom stereocenters. The van der Waals surface area contributed by atoms with Crippen LogP contribution < -0.4 is 14.8 Å². The van der Waals surface area contributed by atoms with Crippen LogP contribution in [0.25, 0.3) is 0 Å². The van der Waals surface area contributed by atoms with E-state index in [4.69, 9.17) is 9.47 Å². The first-order valence-electron chi connectivity index (χ1n) is 6.56. The van der Waals surface area contributed by atoms with Crippen molar-refractivity contribution in [2.45, 2.75) is 17.9 Å². The molecule has 9 heteroatoms. The summed E-state index contributed by atoms with van der Waals surface area (Å²) in [5, 5.41) is 3.18. The van der Waals surface area contributed by atoms with Crippen molar-refractivity contribution in [1.82, 2.24) is 9.62 Å². The molecule has 1 atom stereocenters. The van der Waals surface area contributed by atoms with E-state index in [1.807, 2.05) is 6.92 Å². The number of nitrogens with one attached hydrogen (secondary N) is 1. The molecule has 0 aromatic heterocycles. The molecule has 22 heavy (non-hydrogen) atoms. The minimum Gasteiger partial charge on any atom is -0.495 e. The van der Waals surface area contributed by atoms with Gasteiger partial charge < -0.3 is 14.8 Å². The Morgan fingerprint density at radius 1 is 1.27 bits per heavy atom. The SMILES string of the molecule is COc1cc(OC)c(S(=O)(=O)N2CCNCC2C)cc1Br.Cl. The lowest BCUT2D eigenvalue weighted by Crippen LogP contribution is -2.52. The second-order valence-electron chi connectivity index (χ2n) is 4.81. The van der Waals surface area contributed by atoms with E-state index < -0.39 is 10.0 Å². The van der Waals surface area contributed by atoms with E-state index in [2.05, 4.69) is 21.2 Å². The Morgan fingerprint density at radius 2 is 1.91 bits per heavy atom. The molecule has 1 N–H and O–H groups in total. The first-order chi connectivity index (χ1) is 9.91. The Hall–Kier alpha value is -0.540. The third kappa shape index (κ3) is 3.68. The summed E-state index contributed by atoms with van der Waals surface area (Å²) < 4.78 is 38.3. The fourth-order valence-corrected chi connectivity index (χ4v) is 4.79. The van der Waals surface area contributed by atoms with Crippen LogP contribution in [0.15, 0.2) is 21.5 Å². The summed E-state index contributed by atoms with van der Waals surface area (Å²) in [4.78, 5) is 0.145. The van der Waals surface area contributed by atoms with Gasteiger partial charge in [0.2, 0.25) is 10.0 Å². The zero-order valence-corrected chi connectivity index (χ0v) is 15.8. The van der Waals surface area contributed by atoms with Gasteiger partial charge in [0.15, 0.2) is 0 Å². The number of benzene rings is 1. The number of methoxy groups -OCH3 is 2. The van der Waals surface area contributed by atoms with E-state index in [9.17, 15) is 8.42 Å². The highest BCUT2D eigenvalue weighted by Gasteiger charge is 2.33. The molecule has 0 saturated carbocycles. The Bertz CT molecular complexity index is 627. The smallest absolute Gasteiger partial charge is 0.247 e. The van der Waals surface area contributed by atoms with Crippen molar-refractivity contribution in [3.8, 4) is 11.5 Å². The Labute approximate surface area is 145 Å². The summed E-state index contributed by atoms with van der Waals surface area (Å²) in [6.45, 7) is 3.60. The molecule has 0 spiro atoms. The number of rotatable bonds is 4. The van der Waals surface area contributed by atoms with E-state index in [1.165, 1.54) is 24.6 Å². The highest BCUT2D eigenvalue weighted by atomic mass is 79.9. The van der Waals surface area contributed by atoms with Crippen LogP contribution in [0, 0.1) is 0 Å². The van der Waals surface area contributed by atoms with Crippen LogP contribution in [0.2, 0.25) is 0 Å². The number of ether oxygens (including phenoxy) is 2. The van der Waals surface area contributed by atoms with E-state index >= 15 is 0 Å². The van der Waals surface area contributed by atoms with Crippen LogP contribution in [-0.4, -0.2) is 52.6 Å². The van der Waals surface area contributed by atoms with Crippen LogP contribution in [0.1, 0.15) is 6.92 Å². The van der Waals surface area contributed by atoms with Crippen LogP contribution in [0.5, 0.6) is 11.5 Å². The Morgan fingerprint density at radius 3 is 2.45 bits per heavy atom. The van der Waals surface area contributed by atoms with Crippen LogP contribution >= 0.6 is 28.3 Å². The standard InChI is InChI=1S/C13H19BrN2O4S.ClH/c1-9-8-15-4-5-16(9)21(17,18)13-6-10(14)11(19-2)7-12(13)20-3;/h6-7,9,15H,4-5,8H2,1-3H3;1H. The molecule has 2 rings (SSSR count). The van der Waals surface area contributed by atoms with Crippen LogP contribution in [0.3, 0.4) is 0 Å². The summed E-state index contributed by atoms with van der Waals surface area (Å²) in [6, 6.07) is 3.00. The maximum absolute atomic E-state index is 12.9. The quantitative estimate of drug-likeness (QED) is 0.813. The molecule has 0 radical (unpaired) electrons. The molecule has 1 heterocycles. The molecule has 0 aliphatic carbocycles. The molecule has 1 aliphatic rings. The minimum absolute atomic E-state index is 0. The number of sulfonamides is 1. The van der Waals surface area contributed by atoms with Gasteiger partial charge in [0.05, 0.1) is 18.7 Å². The normalized spacial score (nSPS) is 19.4. The van der Waals surface area contributed by atoms with Gasteiger partial charge in [-0.25, -0.2) is 8.42 Å². The number of hydrogen-bond acceptors (Lipinski definition) is 5. The molecule has 1 aromatic carbocycles. The van der Waals surface area contributed by atoms with Crippen LogP contribution in [0.4, 0.5) is 0 Å². The van der Waals surface area contributed by atoms with Gasteiger partial charge in [-0.2, -0.15) is 4.31 Å². The lowest BCUT2D eigenvalue weighted by atomic mass is 10.3. The van der Waals surface area contributed by atoms with E-state index in [1.54, 1.807) is 6.07 Å². The molecule has 0 amide bonds. The third-order valence-electron chi connectivity index (χ3n) is 3.47. The van der Waals surface area contributed by atoms with E-state index in [0.717, 1.165) is 0 Å². The van der Waals surface area contributed by atoms with E-state index in [-0.39, 0.29) is 29.1 Å². The maximum atomic E-state index is 12.9. The van der Waals surface area contributed by atoms with Gasteiger partial charge in [-0.1, -0.05) is 0 Å². The van der Waals surface area contributed by atoms with Crippen molar-refractivity contribution in [3.05, 3.63) is 16.6 Å². The zero-order valence-electron chi connectivity index (χ0n) is 12.6. The molecule has 1 fully saturated rings. The second-order valence-corrected chi connectivity index (χ2v) is 7.52. The fraction of sp³-hybridized carbons (Fsp3) is 0.538. The Balaban J connectivity index is 0.00000242. The molecule has 1 aromatic rings. The molecule has 1 aliphatic heterocycles. The fourth-order valence-electron chi connectivity index (χ4n) is 2.34. The summed E-state index contributed by atoms with van der Waals surface area (Å²) in [7, 11) is -0.651. The maximum Gasteiger partial charge on any atom is 0.247 e. The van der Waals surface area contributed by atoms with Gasteiger partial charge in [0, 0.05) is 31.7 Å². The molecule has 1 saturated heterocycles. The van der Waals surface area contributed by atoms with Gasteiger partial charge in [-0.3, -0.25) is 0 Å². The van der Waals surface area contributed by atoms with Crippen molar-refractivity contribution < 1.29 is 17.9 Å². The van der Waals surface area contributed by atoms with Crippen LogP contribution in [-0.2, 0) is 10.0 Å². The Kier molecular flexibility index (Phi) is 6.94. The summed E-state index contributed by atoms with van der Waals surface area (Å²) >= 11 is 3.33. The highest BCUT2D eigenvalue weighted by Crippen LogP contribution is 2.37. The van der Waals surface area contributed by atoms with Crippen molar-refractivity contribution in [2.75, 3.05) is 33.9 Å². The van der Waals surface area contributed by atoms with Gasteiger partial charge in [0.25, 0.3) is 0 Å². The van der Waals surface area contributed by atoms with Gasteiger partial charge in [-0.05, 0) is 28.9 Å². The number of piperazine rings is 1. The average Bonchev–Trinajstić information content (AvgIpc) is 2.47. The molecule has 126 valence electrons. The predicted octanol–water partition coefficient (Wildman–Crippen LogP) is 1.87. The topological polar surface area (TPSA) is 67.9 Å². The lowest BCUT2D eigenvalue weighted by molar-refractivity contribution is 0.282. The third-order valence-corrected chi connectivity index (χ3v) is 6.12. The van der Waals surface area contributed by atoms with E-state index in [0.29, 0.717) is 29.9 Å². The predicted molar refractivity (Wildman–Crippen MR) is 90.7 cm³/mol. The monoisotopic (exact) mass is 414 g/mol. The van der Waals surface area contributed by atoms with Gasteiger partial charge in [0.1, 0.15) is 16.4 Å². The molecule has 6 nitrogen and oxygen atoms in total. The van der Waals surface area contributed by atoms with Crippen molar-refractivity contribution in [2.24, 2.45) is 0 Å². The summed E-state index contributed by atoms with van der Waals surface area (Å²) in [5.41, 5.74) is 0. The van der Waals surface area contributed by atoms with Crippen molar-refractivity contribution in [3.63, 3.8) is 0 Å². The van der Waals surface area contributed by atoms with Gasteiger partial charge in [-0.15, -0.1) is 12.4 Å². The largest absolute Gasteiger partial charge is 0.495 e. The first kappa shape index (κ1) is 19.5. The number of halogens is 2. The number of hydrogen-bond donors (Lipinski definition) is 1. The average molecular weight is 416 g/mol. The van der Waals surface area contributed by atoms with Gasteiger partial charge >= 0.3 is 0 Å². The van der Waals surface area contributed by atoms with Crippen molar-refractivity contribution in [1.29, 1.82) is 0 Å². The molecular weight excluding hydrogens is 396 g/mol.